The minimum atomic E-state index is 0.111. The van der Waals surface area contributed by atoms with Crippen LogP contribution < -0.4 is 5.32 Å². The molecule has 0 aromatic heterocycles. The SMILES string of the molecule is CC1(C)CCC(CNC2CC=CC2)O1. The highest BCUT2D eigenvalue weighted by Crippen LogP contribution is 2.29. The van der Waals surface area contributed by atoms with Crippen molar-refractivity contribution < 1.29 is 4.74 Å². The standard InChI is InChI=1S/C12H21NO/c1-12(2)8-7-11(14-12)9-13-10-5-3-4-6-10/h3-4,10-11,13H,5-9H2,1-2H3. The fourth-order valence-corrected chi connectivity index (χ4v) is 2.30. The summed E-state index contributed by atoms with van der Waals surface area (Å²) in [5, 5.41) is 3.57. The third-order valence-corrected chi connectivity index (χ3v) is 3.20. The maximum atomic E-state index is 5.93. The molecule has 1 unspecified atom stereocenters. The zero-order chi connectivity index (χ0) is 10.0. The third kappa shape index (κ3) is 2.58. The van der Waals surface area contributed by atoms with Crippen molar-refractivity contribution in [3.05, 3.63) is 12.2 Å². The highest BCUT2D eigenvalue weighted by Gasteiger charge is 2.31. The maximum Gasteiger partial charge on any atom is 0.0707 e. The molecule has 1 aliphatic carbocycles. The third-order valence-electron chi connectivity index (χ3n) is 3.20. The average Bonchev–Trinajstić information content (AvgIpc) is 2.70. The fourth-order valence-electron chi connectivity index (χ4n) is 2.30. The average molecular weight is 195 g/mol. The predicted molar refractivity (Wildman–Crippen MR) is 58.4 cm³/mol. The van der Waals surface area contributed by atoms with Gasteiger partial charge in [-0.15, -0.1) is 0 Å². The van der Waals surface area contributed by atoms with Crippen LogP contribution in [0.15, 0.2) is 12.2 Å². The Kier molecular flexibility index (Phi) is 2.93. The second kappa shape index (κ2) is 4.03. The molecule has 0 amide bonds. The Morgan fingerprint density at radius 1 is 1.36 bits per heavy atom. The molecule has 2 heteroatoms. The lowest BCUT2D eigenvalue weighted by Crippen LogP contribution is -2.35. The van der Waals surface area contributed by atoms with E-state index in [0.29, 0.717) is 12.1 Å². The zero-order valence-electron chi connectivity index (χ0n) is 9.25. The number of hydrogen-bond donors (Lipinski definition) is 1. The molecule has 0 aromatic carbocycles. The molecule has 80 valence electrons. The van der Waals surface area contributed by atoms with Gasteiger partial charge in [0.05, 0.1) is 11.7 Å². The van der Waals surface area contributed by atoms with Crippen molar-refractivity contribution in [3.8, 4) is 0 Å². The molecule has 14 heavy (non-hydrogen) atoms. The Balaban J connectivity index is 1.67. The lowest BCUT2D eigenvalue weighted by Gasteiger charge is -2.21. The molecule has 0 saturated carbocycles. The van der Waals surface area contributed by atoms with E-state index < -0.39 is 0 Å². The van der Waals surface area contributed by atoms with E-state index in [4.69, 9.17) is 4.74 Å². The Hall–Kier alpha value is -0.340. The number of rotatable bonds is 3. The van der Waals surface area contributed by atoms with Crippen LogP contribution in [0.2, 0.25) is 0 Å². The highest BCUT2D eigenvalue weighted by molar-refractivity contribution is 4.98. The Bertz CT molecular complexity index is 214. The summed E-state index contributed by atoms with van der Waals surface area (Å²) in [5.41, 5.74) is 0.111. The van der Waals surface area contributed by atoms with Gasteiger partial charge in [-0.1, -0.05) is 12.2 Å². The molecule has 1 atom stereocenters. The highest BCUT2D eigenvalue weighted by atomic mass is 16.5. The van der Waals surface area contributed by atoms with Crippen LogP contribution >= 0.6 is 0 Å². The molecule has 1 saturated heterocycles. The summed E-state index contributed by atoms with van der Waals surface area (Å²) in [6.45, 7) is 5.39. The molecule has 1 heterocycles. The van der Waals surface area contributed by atoms with Gasteiger partial charge in [-0.25, -0.2) is 0 Å². The molecule has 0 aromatic rings. The van der Waals surface area contributed by atoms with Crippen LogP contribution in [0.3, 0.4) is 0 Å². The second-order valence-electron chi connectivity index (χ2n) is 5.09. The summed E-state index contributed by atoms with van der Waals surface area (Å²) < 4.78 is 5.93. The molecule has 1 aliphatic heterocycles. The molecule has 0 bridgehead atoms. The first kappa shape index (κ1) is 10.2. The smallest absolute Gasteiger partial charge is 0.0707 e. The van der Waals surface area contributed by atoms with Gasteiger partial charge in [0.2, 0.25) is 0 Å². The fraction of sp³-hybridized carbons (Fsp3) is 0.833. The van der Waals surface area contributed by atoms with Gasteiger partial charge in [-0.05, 0) is 39.5 Å². The minimum absolute atomic E-state index is 0.111. The molecule has 1 N–H and O–H groups in total. The molecule has 0 spiro atoms. The summed E-state index contributed by atoms with van der Waals surface area (Å²) in [4.78, 5) is 0. The summed E-state index contributed by atoms with van der Waals surface area (Å²) in [6.07, 6.45) is 9.74. The molecular formula is C12H21NO. The summed E-state index contributed by atoms with van der Waals surface area (Å²) in [5.74, 6) is 0. The van der Waals surface area contributed by atoms with Crippen molar-refractivity contribution in [1.82, 2.24) is 5.32 Å². The number of ether oxygens (including phenoxy) is 1. The lowest BCUT2D eigenvalue weighted by molar-refractivity contribution is -0.0150. The van der Waals surface area contributed by atoms with Gasteiger partial charge in [-0.2, -0.15) is 0 Å². The van der Waals surface area contributed by atoms with Gasteiger partial charge in [0.15, 0.2) is 0 Å². The molecule has 2 nitrogen and oxygen atoms in total. The van der Waals surface area contributed by atoms with E-state index in [1.165, 1.54) is 25.7 Å². The summed E-state index contributed by atoms with van der Waals surface area (Å²) >= 11 is 0. The largest absolute Gasteiger partial charge is 0.371 e. The van der Waals surface area contributed by atoms with E-state index in [1.807, 2.05) is 0 Å². The molecular weight excluding hydrogens is 174 g/mol. The van der Waals surface area contributed by atoms with Crippen molar-refractivity contribution in [1.29, 1.82) is 0 Å². The summed E-state index contributed by atoms with van der Waals surface area (Å²) in [6, 6.07) is 0.669. The van der Waals surface area contributed by atoms with Crippen molar-refractivity contribution >= 4 is 0 Å². The predicted octanol–water partition coefficient (Wildman–Crippen LogP) is 2.25. The van der Waals surface area contributed by atoms with E-state index in [-0.39, 0.29) is 5.60 Å². The first-order valence-electron chi connectivity index (χ1n) is 5.72. The normalized spacial score (nSPS) is 31.4. The van der Waals surface area contributed by atoms with Gasteiger partial charge in [0.25, 0.3) is 0 Å². The number of hydrogen-bond acceptors (Lipinski definition) is 2. The van der Waals surface area contributed by atoms with Crippen molar-refractivity contribution in [3.63, 3.8) is 0 Å². The Morgan fingerprint density at radius 3 is 2.64 bits per heavy atom. The quantitative estimate of drug-likeness (QED) is 0.697. The van der Waals surface area contributed by atoms with Crippen LogP contribution in [0.25, 0.3) is 0 Å². The van der Waals surface area contributed by atoms with Crippen LogP contribution in [-0.2, 0) is 4.74 Å². The molecule has 2 aliphatic rings. The molecule has 2 rings (SSSR count). The van der Waals surface area contributed by atoms with Crippen molar-refractivity contribution in [2.45, 2.75) is 57.3 Å². The second-order valence-corrected chi connectivity index (χ2v) is 5.09. The Labute approximate surface area is 86.7 Å². The van der Waals surface area contributed by atoms with E-state index in [0.717, 1.165) is 6.54 Å². The van der Waals surface area contributed by atoms with Gasteiger partial charge < -0.3 is 10.1 Å². The number of nitrogens with one attached hydrogen (secondary N) is 1. The lowest BCUT2D eigenvalue weighted by atomic mass is 10.1. The topological polar surface area (TPSA) is 21.3 Å². The van der Waals surface area contributed by atoms with Crippen LogP contribution in [0.1, 0.15) is 39.5 Å². The first-order valence-corrected chi connectivity index (χ1v) is 5.72. The Morgan fingerprint density at radius 2 is 2.07 bits per heavy atom. The van der Waals surface area contributed by atoms with Crippen LogP contribution in [0.5, 0.6) is 0 Å². The van der Waals surface area contributed by atoms with E-state index in [1.54, 1.807) is 0 Å². The van der Waals surface area contributed by atoms with E-state index >= 15 is 0 Å². The minimum Gasteiger partial charge on any atom is -0.371 e. The van der Waals surface area contributed by atoms with E-state index in [9.17, 15) is 0 Å². The maximum absolute atomic E-state index is 5.93. The van der Waals surface area contributed by atoms with Crippen LogP contribution in [-0.4, -0.2) is 24.3 Å². The zero-order valence-corrected chi connectivity index (χ0v) is 9.25. The van der Waals surface area contributed by atoms with E-state index in [2.05, 4.69) is 31.3 Å². The van der Waals surface area contributed by atoms with Gasteiger partial charge in [0.1, 0.15) is 0 Å². The molecule has 1 fully saturated rings. The van der Waals surface area contributed by atoms with Crippen molar-refractivity contribution in [2.24, 2.45) is 0 Å². The van der Waals surface area contributed by atoms with Crippen LogP contribution in [0.4, 0.5) is 0 Å². The van der Waals surface area contributed by atoms with Crippen LogP contribution in [0, 0.1) is 0 Å². The first-order chi connectivity index (χ1) is 6.66. The summed E-state index contributed by atoms with van der Waals surface area (Å²) in [7, 11) is 0. The van der Waals surface area contributed by atoms with Crippen molar-refractivity contribution in [2.75, 3.05) is 6.54 Å². The van der Waals surface area contributed by atoms with Gasteiger partial charge >= 0.3 is 0 Å². The van der Waals surface area contributed by atoms with Gasteiger partial charge in [0, 0.05) is 12.6 Å². The monoisotopic (exact) mass is 195 g/mol. The van der Waals surface area contributed by atoms with Gasteiger partial charge in [-0.3, -0.25) is 0 Å². The molecule has 0 radical (unpaired) electrons.